The Balaban J connectivity index is 0. The Kier molecular flexibility index (Phi) is 4.89. The molecule has 0 rings (SSSR count). The molecule has 12 heavy (non-hydrogen) atoms. The Bertz CT molecular complexity index is 326. The van der Waals surface area contributed by atoms with Gasteiger partial charge < -0.3 is 5.11 Å². The highest BCUT2D eigenvalue weighted by Gasteiger charge is 2.38. The molecule has 0 heterocycles. The number of halogens is 1. The lowest BCUT2D eigenvalue weighted by Crippen LogP contribution is -2.35. The van der Waals surface area contributed by atoms with E-state index in [0.29, 0.717) is 6.26 Å². The van der Waals surface area contributed by atoms with Crippen LogP contribution in [0.1, 0.15) is 6.42 Å². The largest absolute Gasteiger partial charge is 0.363 e. The van der Waals surface area contributed by atoms with Crippen molar-refractivity contribution in [1.82, 2.24) is 0 Å². The molecular formula is C5H7ClN2O3S. The lowest BCUT2D eigenvalue weighted by Gasteiger charge is -2.12. The van der Waals surface area contributed by atoms with E-state index in [4.69, 9.17) is 15.6 Å². The number of sulfone groups is 1. The van der Waals surface area contributed by atoms with Crippen LogP contribution in [-0.4, -0.2) is 24.7 Å². The standard InChI is InChI=1S/C5H6N2O3S.ClH/c1-11(9,10)5(8,4-7)2-3-6;/h8H,2H2,1H3;1H. The van der Waals surface area contributed by atoms with Crippen LogP contribution in [0.15, 0.2) is 0 Å². The van der Waals surface area contributed by atoms with E-state index in [-0.39, 0.29) is 12.4 Å². The zero-order valence-electron chi connectivity index (χ0n) is 6.18. The van der Waals surface area contributed by atoms with Crippen LogP contribution in [0, 0.1) is 22.7 Å². The maximum absolute atomic E-state index is 10.7. The highest BCUT2D eigenvalue weighted by atomic mass is 35.5. The van der Waals surface area contributed by atoms with Gasteiger partial charge in [-0.05, 0) is 0 Å². The summed E-state index contributed by atoms with van der Waals surface area (Å²) in [5.41, 5.74) is 0. The van der Waals surface area contributed by atoms with Gasteiger partial charge in [-0.3, -0.25) is 0 Å². The summed E-state index contributed by atoms with van der Waals surface area (Å²) in [4.78, 5) is -2.55. The van der Waals surface area contributed by atoms with E-state index in [0.717, 1.165) is 6.07 Å². The van der Waals surface area contributed by atoms with Crippen molar-refractivity contribution in [3.63, 3.8) is 0 Å². The minimum atomic E-state index is -3.90. The Hall–Kier alpha value is -0.820. The average Bonchev–Trinajstić information content (AvgIpc) is 1.86. The number of hydrogen-bond donors (Lipinski definition) is 1. The van der Waals surface area contributed by atoms with E-state index < -0.39 is 21.2 Å². The Morgan fingerprint density at radius 2 is 1.92 bits per heavy atom. The molecule has 0 fully saturated rings. The van der Waals surface area contributed by atoms with Gasteiger partial charge in [0.15, 0.2) is 9.84 Å². The fourth-order valence-corrected chi connectivity index (χ4v) is 0.853. The van der Waals surface area contributed by atoms with Gasteiger partial charge in [-0.2, -0.15) is 10.5 Å². The summed E-state index contributed by atoms with van der Waals surface area (Å²) in [5.74, 6) is 0. The van der Waals surface area contributed by atoms with Gasteiger partial charge >= 0.3 is 0 Å². The fraction of sp³-hybridized carbons (Fsp3) is 0.600. The molecule has 0 aliphatic carbocycles. The average molecular weight is 211 g/mol. The summed E-state index contributed by atoms with van der Waals surface area (Å²) >= 11 is 0. The van der Waals surface area contributed by atoms with E-state index in [2.05, 4.69) is 0 Å². The third kappa shape index (κ3) is 2.67. The molecule has 0 aromatic heterocycles. The van der Waals surface area contributed by atoms with E-state index in [1.807, 2.05) is 0 Å². The van der Waals surface area contributed by atoms with Gasteiger partial charge in [-0.1, -0.05) is 0 Å². The number of hydrogen-bond acceptors (Lipinski definition) is 5. The predicted molar refractivity (Wildman–Crippen MR) is 42.9 cm³/mol. The minimum Gasteiger partial charge on any atom is -0.363 e. The molecule has 0 bridgehead atoms. The summed E-state index contributed by atoms with van der Waals surface area (Å²) in [7, 11) is -3.90. The fourth-order valence-electron chi connectivity index (χ4n) is 0.361. The van der Waals surface area contributed by atoms with Crippen molar-refractivity contribution in [3.8, 4) is 12.1 Å². The topological polar surface area (TPSA) is 102 Å². The van der Waals surface area contributed by atoms with Gasteiger partial charge in [0.25, 0.3) is 4.93 Å². The first kappa shape index (κ1) is 13.7. The molecule has 1 unspecified atom stereocenters. The summed E-state index contributed by atoms with van der Waals surface area (Å²) in [6.45, 7) is 0. The SMILES string of the molecule is CS(=O)(=O)C(O)(C#N)CC#N.Cl. The number of nitriles is 2. The molecule has 7 heteroatoms. The van der Waals surface area contributed by atoms with Crippen molar-refractivity contribution < 1.29 is 13.5 Å². The molecule has 0 radical (unpaired) electrons. The zero-order valence-corrected chi connectivity index (χ0v) is 7.81. The molecule has 0 aliphatic heterocycles. The Morgan fingerprint density at radius 1 is 1.50 bits per heavy atom. The molecule has 0 saturated heterocycles. The van der Waals surface area contributed by atoms with E-state index >= 15 is 0 Å². The molecule has 0 spiro atoms. The third-order valence-electron chi connectivity index (χ3n) is 1.11. The molecule has 68 valence electrons. The summed E-state index contributed by atoms with van der Waals surface area (Å²) in [5, 5.41) is 25.3. The first-order chi connectivity index (χ1) is 4.87. The lowest BCUT2D eigenvalue weighted by molar-refractivity contribution is 0.187. The normalized spacial score (nSPS) is 14.7. The van der Waals surface area contributed by atoms with Crippen LogP contribution in [0.5, 0.6) is 0 Å². The molecule has 1 N–H and O–H groups in total. The molecule has 0 amide bonds. The van der Waals surface area contributed by atoms with Crippen LogP contribution in [0.25, 0.3) is 0 Å². The van der Waals surface area contributed by atoms with Crippen LogP contribution >= 0.6 is 12.4 Å². The predicted octanol–water partition coefficient (Wildman–Crippen LogP) is -0.421. The second kappa shape index (κ2) is 4.27. The van der Waals surface area contributed by atoms with Crippen molar-refractivity contribution >= 4 is 22.2 Å². The highest BCUT2D eigenvalue weighted by Crippen LogP contribution is 2.15. The molecule has 1 atom stereocenters. The summed E-state index contributed by atoms with van der Waals surface area (Å²) < 4.78 is 21.3. The molecule has 5 nitrogen and oxygen atoms in total. The molecular weight excluding hydrogens is 204 g/mol. The van der Waals surface area contributed by atoms with Crippen molar-refractivity contribution in [2.75, 3.05) is 6.26 Å². The quantitative estimate of drug-likeness (QED) is 0.624. The van der Waals surface area contributed by atoms with E-state index in [1.165, 1.54) is 6.07 Å². The molecule has 0 aromatic carbocycles. The van der Waals surface area contributed by atoms with Gasteiger partial charge in [0.1, 0.15) is 6.07 Å². The smallest absolute Gasteiger partial charge is 0.266 e. The summed E-state index contributed by atoms with van der Waals surface area (Å²) in [6.07, 6.45) is -0.0319. The molecule has 0 aromatic rings. The number of aliphatic hydroxyl groups is 1. The van der Waals surface area contributed by atoms with Crippen molar-refractivity contribution in [2.24, 2.45) is 0 Å². The zero-order chi connectivity index (χ0) is 9.12. The van der Waals surface area contributed by atoms with Crippen LogP contribution in [-0.2, 0) is 9.84 Å². The van der Waals surface area contributed by atoms with Gasteiger partial charge in [-0.15, -0.1) is 12.4 Å². The van der Waals surface area contributed by atoms with Crippen molar-refractivity contribution in [2.45, 2.75) is 11.4 Å². The number of rotatable bonds is 2. The minimum absolute atomic E-state index is 0. The highest BCUT2D eigenvalue weighted by molar-refractivity contribution is 7.92. The third-order valence-corrected chi connectivity index (χ3v) is 2.57. The maximum Gasteiger partial charge on any atom is 0.266 e. The first-order valence-corrected chi connectivity index (χ1v) is 4.47. The number of nitrogens with zero attached hydrogens (tertiary/aromatic N) is 2. The maximum atomic E-state index is 10.7. The van der Waals surface area contributed by atoms with Gasteiger partial charge in [0, 0.05) is 6.26 Å². The monoisotopic (exact) mass is 210 g/mol. The first-order valence-electron chi connectivity index (χ1n) is 2.57. The van der Waals surface area contributed by atoms with Crippen LogP contribution in [0.4, 0.5) is 0 Å². The lowest BCUT2D eigenvalue weighted by atomic mass is 10.3. The Morgan fingerprint density at radius 3 is 2.00 bits per heavy atom. The molecule has 0 saturated carbocycles. The second-order valence-electron chi connectivity index (χ2n) is 2.00. The van der Waals surface area contributed by atoms with E-state index in [9.17, 15) is 8.42 Å². The van der Waals surface area contributed by atoms with Gasteiger partial charge in [0.2, 0.25) is 0 Å². The Labute approximate surface area is 76.6 Å². The second-order valence-corrected chi connectivity index (χ2v) is 4.22. The summed E-state index contributed by atoms with van der Waals surface area (Å²) in [6, 6.07) is 2.58. The van der Waals surface area contributed by atoms with Crippen LogP contribution in [0.2, 0.25) is 0 Å². The van der Waals surface area contributed by atoms with Gasteiger partial charge in [-0.25, -0.2) is 8.42 Å². The van der Waals surface area contributed by atoms with Crippen LogP contribution < -0.4 is 0 Å². The van der Waals surface area contributed by atoms with Crippen molar-refractivity contribution in [1.29, 1.82) is 10.5 Å². The van der Waals surface area contributed by atoms with Gasteiger partial charge in [0.05, 0.1) is 12.5 Å². The van der Waals surface area contributed by atoms with Crippen molar-refractivity contribution in [3.05, 3.63) is 0 Å². The van der Waals surface area contributed by atoms with E-state index in [1.54, 1.807) is 0 Å². The molecule has 0 aliphatic rings. The van der Waals surface area contributed by atoms with Crippen LogP contribution in [0.3, 0.4) is 0 Å².